The van der Waals surface area contributed by atoms with Gasteiger partial charge in [0.1, 0.15) is 6.04 Å². The quantitative estimate of drug-likeness (QED) is 0.743. The van der Waals surface area contributed by atoms with Crippen molar-refractivity contribution in [2.24, 2.45) is 0 Å². The van der Waals surface area contributed by atoms with Crippen LogP contribution in [0, 0.1) is 13.8 Å². The number of benzene rings is 2. The number of rotatable bonds is 5. The van der Waals surface area contributed by atoms with Crippen LogP contribution in [0.15, 0.2) is 65.5 Å². The fourth-order valence-corrected chi connectivity index (χ4v) is 3.02. The molecule has 1 atom stereocenters. The van der Waals surface area contributed by atoms with Gasteiger partial charge in [0.05, 0.1) is 5.69 Å². The molecule has 0 aliphatic heterocycles. The van der Waals surface area contributed by atoms with E-state index in [9.17, 15) is 9.59 Å². The van der Waals surface area contributed by atoms with Crippen LogP contribution < -0.4 is 10.9 Å². The number of nitrogens with one attached hydrogen (secondary N) is 1. The summed E-state index contributed by atoms with van der Waals surface area (Å²) in [7, 11) is 0. The minimum atomic E-state index is -0.678. The molecule has 0 aliphatic carbocycles. The van der Waals surface area contributed by atoms with E-state index >= 15 is 0 Å². The molecule has 1 amide bonds. The Morgan fingerprint density at radius 1 is 1.07 bits per heavy atom. The van der Waals surface area contributed by atoms with Gasteiger partial charge < -0.3 is 5.32 Å². The molecule has 1 heterocycles. The third kappa shape index (κ3) is 4.14. The first-order valence-electron chi connectivity index (χ1n) is 9.03. The Labute approximate surface area is 158 Å². The fraction of sp³-hybridized carbons (Fsp3) is 0.227. The smallest absolute Gasteiger partial charge is 0.267 e. The summed E-state index contributed by atoms with van der Waals surface area (Å²) in [5, 5.41) is 7.38. The molecule has 5 heteroatoms. The fourth-order valence-electron chi connectivity index (χ4n) is 3.02. The molecule has 0 aliphatic rings. The molecule has 2 aromatic carbocycles. The lowest BCUT2D eigenvalue weighted by Crippen LogP contribution is -2.34. The van der Waals surface area contributed by atoms with Crippen molar-refractivity contribution in [1.82, 2.24) is 9.78 Å². The van der Waals surface area contributed by atoms with Gasteiger partial charge >= 0.3 is 0 Å². The van der Waals surface area contributed by atoms with Crippen molar-refractivity contribution in [2.45, 2.75) is 33.2 Å². The number of carbonyl (C=O) groups excluding carboxylic acids is 1. The van der Waals surface area contributed by atoms with E-state index in [4.69, 9.17) is 0 Å². The third-order valence-corrected chi connectivity index (χ3v) is 4.52. The molecular weight excluding hydrogens is 338 g/mol. The lowest BCUT2D eigenvalue weighted by atomic mass is 10.0. The lowest BCUT2D eigenvalue weighted by Gasteiger charge is -2.18. The highest BCUT2D eigenvalue weighted by Gasteiger charge is 2.21. The summed E-state index contributed by atoms with van der Waals surface area (Å²) in [5.74, 6) is -0.253. The monoisotopic (exact) mass is 361 g/mol. The van der Waals surface area contributed by atoms with Gasteiger partial charge in [0.15, 0.2) is 0 Å². The van der Waals surface area contributed by atoms with E-state index in [1.165, 1.54) is 10.7 Å². The number of nitrogens with zero attached hydrogens (tertiary/aromatic N) is 2. The normalized spacial score (nSPS) is 11.8. The van der Waals surface area contributed by atoms with Crippen LogP contribution in [0.4, 0.5) is 5.69 Å². The maximum absolute atomic E-state index is 12.8. The molecule has 1 N–H and O–H groups in total. The number of aryl methyl sites for hydroxylation is 2. The van der Waals surface area contributed by atoms with Gasteiger partial charge in [-0.15, -0.1) is 0 Å². The minimum absolute atomic E-state index is 0.253. The molecule has 1 unspecified atom stereocenters. The number of hydrogen-bond donors (Lipinski definition) is 1. The summed E-state index contributed by atoms with van der Waals surface area (Å²) in [6.07, 6.45) is 0.460. The van der Waals surface area contributed by atoms with Crippen molar-refractivity contribution >= 4 is 11.6 Å². The van der Waals surface area contributed by atoms with Gasteiger partial charge in [-0.3, -0.25) is 9.59 Å². The molecule has 27 heavy (non-hydrogen) atoms. The summed E-state index contributed by atoms with van der Waals surface area (Å²) in [4.78, 5) is 25.2. The zero-order valence-electron chi connectivity index (χ0n) is 15.8. The van der Waals surface area contributed by atoms with Crippen LogP contribution in [0.1, 0.15) is 30.5 Å². The second-order valence-electron chi connectivity index (χ2n) is 6.60. The van der Waals surface area contributed by atoms with Gasteiger partial charge in [-0.1, -0.05) is 42.8 Å². The first-order chi connectivity index (χ1) is 13.0. The Hall–Kier alpha value is -3.21. The van der Waals surface area contributed by atoms with Gasteiger partial charge in [0.25, 0.3) is 5.56 Å². The van der Waals surface area contributed by atoms with Crippen LogP contribution in [0.5, 0.6) is 0 Å². The number of para-hydroxylation sites is 1. The topological polar surface area (TPSA) is 64.0 Å². The molecule has 3 rings (SSSR count). The van der Waals surface area contributed by atoms with E-state index in [1.54, 1.807) is 6.07 Å². The van der Waals surface area contributed by atoms with Gasteiger partial charge in [0, 0.05) is 17.3 Å². The molecule has 138 valence electrons. The Morgan fingerprint density at radius 3 is 2.52 bits per heavy atom. The summed E-state index contributed by atoms with van der Waals surface area (Å²) in [5.41, 5.74) is 4.23. The SMILES string of the molecule is CCC(C(=O)Nc1ccccc1)n1nc(-c2cc(C)ccc2C)ccc1=O. The van der Waals surface area contributed by atoms with Crippen molar-refractivity contribution < 1.29 is 4.79 Å². The summed E-state index contributed by atoms with van der Waals surface area (Å²) >= 11 is 0. The van der Waals surface area contributed by atoms with Crippen LogP contribution in [-0.4, -0.2) is 15.7 Å². The molecule has 0 fully saturated rings. The largest absolute Gasteiger partial charge is 0.324 e. The third-order valence-electron chi connectivity index (χ3n) is 4.52. The van der Waals surface area contributed by atoms with Gasteiger partial charge in [-0.25, -0.2) is 4.68 Å². The highest BCUT2D eigenvalue weighted by molar-refractivity contribution is 5.93. The highest BCUT2D eigenvalue weighted by Crippen LogP contribution is 2.23. The molecule has 1 aromatic heterocycles. The van der Waals surface area contributed by atoms with Crippen LogP contribution in [0.2, 0.25) is 0 Å². The Kier molecular flexibility index (Phi) is 5.50. The number of carbonyl (C=O) groups is 1. The Morgan fingerprint density at radius 2 is 1.81 bits per heavy atom. The average molecular weight is 361 g/mol. The van der Waals surface area contributed by atoms with E-state index in [2.05, 4.69) is 10.4 Å². The van der Waals surface area contributed by atoms with Crippen LogP contribution in [0.25, 0.3) is 11.3 Å². The summed E-state index contributed by atoms with van der Waals surface area (Å²) < 4.78 is 1.29. The van der Waals surface area contributed by atoms with E-state index in [-0.39, 0.29) is 11.5 Å². The van der Waals surface area contributed by atoms with Crippen LogP contribution in [0.3, 0.4) is 0 Å². The first kappa shape index (κ1) is 18.6. The predicted octanol–water partition coefficient (Wildman–Crippen LogP) is 4.12. The van der Waals surface area contributed by atoms with E-state index in [0.29, 0.717) is 17.8 Å². The first-order valence-corrected chi connectivity index (χ1v) is 9.03. The Bertz CT molecular complexity index is 1010. The highest BCUT2D eigenvalue weighted by atomic mass is 16.2. The van der Waals surface area contributed by atoms with Crippen molar-refractivity contribution in [1.29, 1.82) is 0 Å². The van der Waals surface area contributed by atoms with Gasteiger partial charge in [-0.05, 0) is 50.1 Å². The van der Waals surface area contributed by atoms with E-state index < -0.39 is 6.04 Å². The number of hydrogen-bond acceptors (Lipinski definition) is 3. The molecule has 3 aromatic rings. The van der Waals surface area contributed by atoms with Crippen molar-refractivity contribution in [3.63, 3.8) is 0 Å². The number of amides is 1. The predicted molar refractivity (Wildman–Crippen MR) is 108 cm³/mol. The molecule has 0 radical (unpaired) electrons. The number of anilines is 1. The molecule has 5 nitrogen and oxygen atoms in total. The molecular formula is C22H23N3O2. The zero-order chi connectivity index (χ0) is 19.4. The lowest BCUT2D eigenvalue weighted by molar-refractivity contribution is -0.119. The van der Waals surface area contributed by atoms with Crippen molar-refractivity contribution in [3.8, 4) is 11.3 Å². The van der Waals surface area contributed by atoms with E-state index in [1.807, 2.05) is 69.3 Å². The summed E-state index contributed by atoms with van der Waals surface area (Å²) in [6.45, 7) is 5.89. The second-order valence-corrected chi connectivity index (χ2v) is 6.60. The summed E-state index contributed by atoms with van der Waals surface area (Å²) in [6, 6.07) is 17.8. The van der Waals surface area contributed by atoms with E-state index in [0.717, 1.165) is 16.7 Å². The maximum atomic E-state index is 12.8. The molecule has 0 saturated heterocycles. The van der Waals surface area contributed by atoms with Crippen molar-refractivity contribution in [2.75, 3.05) is 5.32 Å². The minimum Gasteiger partial charge on any atom is -0.324 e. The maximum Gasteiger partial charge on any atom is 0.267 e. The standard InChI is InChI=1S/C22H23N3O2/c1-4-20(22(27)23-17-8-6-5-7-9-17)25-21(26)13-12-19(24-25)18-14-15(2)10-11-16(18)3/h5-14,20H,4H2,1-3H3,(H,23,27). The van der Waals surface area contributed by atoms with Crippen LogP contribution in [-0.2, 0) is 4.79 Å². The second kappa shape index (κ2) is 7.99. The molecule has 0 bridgehead atoms. The average Bonchev–Trinajstić information content (AvgIpc) is 2.66. The molecule has 0 saturated carbocycles. The van der Waals surface area contributed by atoms with Crippen LogP contribution >= 0.6 is 0 Å². The van der Waals surface area contributed by atoms with Crippen molar-refractivity contribution in [3.05, 3.63) is 82.1 Å². The Balaban J connectivity index is 1.98. The van der Waals surface area contributed by atoms with Gasteiger partial charge in [-0.2, -0.15) is 5.10 Å². The number of aromatic nitrogens is 2. The molecule has 0 spiro atoms. The zero-order valence-corrected chi connectivity index (χ0v) is 15.8. The van der Waals surface area contributed by atoms with Gasteiger partial charge in [0.2, 0.25) is 5.91 Å².